The van der Waals surface area contributed by atoms with Crippen molar-refractivity contribution < 1.29 is 13.9 Å². The lowest BCUT2D eigenvalue weighted by atomic mass is 10.3. The van der Waals surface area contributed by atoms with E-state index < -0.39 is 11.9 Å². The van der Waals surface area contributed by atoms with Crippen molar-refractivity contribution in [2.75, 3.05) is 6.54 Å². The van der Waals surface area contributed by atoms with Crippen LogP contribution in [-0.4, -0.2) is 28.1 Å². The van der Waals surface area contributed by atoms with Crippen molar-refractivity contribution in [1.29, 1.82) is 0 Å². The van der Waals surface area contributed by atoms with Crippen molar-refractivity contribution in [3.8, 4) is 5.75 Å². The summed E-state index contributed by atoms with van der Waals surface area (Å²) in [7, 11) is 0. The number of nitrogens with zero attached hydrogens (tertiary/aromatic N) is 2. The highest BCUT2D eigenvalue weighted by molar-refractivity contribution is 6.32. The molecule has 0 saturated carbocycles. The molecule has 1 atom stereocenters. The fourth-order valence-electron chi connectivity index (χ4n) is 2.06. The zero-order valence-electron chi connectivity index (χ0n) is 13.1. The van der Waals surface area contributed by atoms with E-state index in [2.05, 4.69) is 10.3 Å². The van der Waals surface area contributed by atoms with Crippen molar-refractivity contribution in [2.24, 2.45) is 0 Å². The van der Waals surface area contributed by atoms with E-state index in [1.54, 1.807) is 13.1 Å². The maximum absolute atomic E-state index is 13.0. The lowest BCUT2D eigenvalue weighted by Gasteiger charge is -2.15. The molecule has 0 spiro atoms. The van der Waals surface area contributed by atoms with Crippen LogP contribution in [0.2, 0.25) is 5.02 Å². The number of carbonyl (C=O) groups is 1. The van der Waals surface area contributed by atoms with Crippen LogP contribution in [0.15, 0.2) is 30.6 Å². The molecular formula is C16H19ClFN3O2. The molecule has 5 nitrogen and oxygen atoms in total. The van der Waals surface area contributed by atoms with Gasteiger partial charge >= 0.3 is 0 Å². The second kappa shape index (κ2) is 7.97. The molecule has 0 aliphatic rings. The number of rotatable bonds is 7. The fraction of sp³-hybridized carbons (Fsp3) is 0.375. The number of hydrogen-bond donors (Lipinski definition) is 1. The summed E-state index contributed by atoms with van der Waals surface area (Å²) < 4.78 is 20.4. The summed E-state index contributed by atoms with van der Waals surface area (Å²) in [6.45, 7) is 4.86. The molecular weight excluding hydrogens is 321 g/mol. The van der Waals surface area contributed by atoms with Gasteiger partial charge in [-0.25, -0.2) is 9.37 Å². The summed E-state index contributed by atoms with van der Waals surface area (Å²) in [6, 6.07) is 3.79. The van der Waals surface area contributed by atoms with E-state index in [-0.39, 0.29) is 16.7 Å². The highest BCUT2D eigenvalue weighted by Gasteiger charge is 2.15. The molecule has 23 heavy (non-hydrogen) atoms. The van der Waals surface area contributed by atoms with Crippen molar-refractivity contribution in [3.63, 3.8) is 0 Å². The standard InChI is InChI=1S/C16H19ClFN3O2/c1-11(23-15-5-4-13(18)10-14(15)17)16(22)20-6-3-8-21-9-7-19-12(21)2/h4-5,7,9-11H,3,6,8H2,1-2H3,(H,20,22). The van der Waals surface area contributed by atoms with E-state index >= 15 is 0 Å². The summed E-state index contributed by atoms with van der Waals surface area (Å²) in [6.07, 6.45) is 3.72. The van der Waals surface area contributed by atoms with Gasteiger partial charge in [0.15, 0.2) is 6.10 Å². The van der Waals surface area contributed by atoms with Gasteiger partial charge in [-0.05, 0) is 38.5 Å². The van der Waals surface area contributed by atoms with Gasteiger partial charge in [-0.3, -0.25) is 4.79 Å². The number of ether oxygens (including phenoxy) is 1. The highest BCUT2D eigenvalue weighted by Crippen LogP contribution is 2.25. The largest absolute Gasteiger partial charge is 0.479 e. The molecule has 0 fully saturated rings. The first-order valence-corrected chi connectivity index (χ1v) is 7.72. The number of hydrogen-bond acceptors (Lipinski definition) is 3. The van der Waals surface area contributed by atoms with Gasteiger partial charge < -0.3 is 14.6 Å². The maximum Gasteiger partial charge on any atom is 0.260 e. The van der Waals surface area contributed by atoms with Crippen LogP contribution < -0.4 is 10.1 Å². The fourth-order valence-corrected chi connectivity index (χ4v) is 2.27. The quantitative estimate of drug-likeness (QED) is 0.789. The van der Waals surface area contributed by atoms with E-state index in [0.717, 1.165) is 24.9 Å². The summed E-state index contributed by atoms with van der Waals surface area (Å²) in [5.74, 6) is 0.533. The SMILES string of the molecule is Cc1nccn1CCCNC(=O)C(C)Oc1ccc(F)cc1Cl. The maximum atomic E-state index is 13.0. The number of benzene rings is 1. The second-order valence-corrected chi connectivity index (χ2v) is 5.55. The summed E-state index contributed by atoms with van der Waals surface area (Å²) in [5.41, 5.74) is 0. The van der Waals surface area contributed by atoms with Crippen LogP contribution in [0.5, 0.6) is 5.75 Å². The molecule has 0 radical (unpaired) electrons. The second-order valence-electron chi connectivity index (χ2n) is 5.15. The molecule has 124 valence electrons. The van der Waals surface area contributed by atoms with Gasteiger partial charge in [0.1, 0.15) is 17.4 Å². The Bertz CT molecular complexity index is 675. The molecule has 0 aliphatic heterocycles. The van der Waals surface area contributed by atoms with Crippen LogP contribution in [0.25, 0.3) is 0 Å². The Morgan fingerprint density at radius 1 is 1.52 bits per heavy atom. The minimum Gasteiger partial charge on any atom is -0.479 e. The third-order valence-corrected chi connectivity index (χ3v) is 3.66. The average molecular weight is 340 g/mol. The predicted octanol–water partition coefficient (Wildman–Crippen LogP) is 2.96. The first kappa shape index (κ1) is 17.3. The number of halogens is 2. The van der Waals surface area contributed by atoms with Crippen molar-refractivity contribution in [2.45, 2.75) is 32.9 Å². The lowest BCUT2D eigenvalue weighted by molar-refractivity contribution is -0.127. The average Bonchev–Trinajstić information content (AvgIpc) is 2.91. The first-order valence-electron chi connectivity index (χ1n) is 7.34. The van der Waals surface area contributed by atoms with E-state index in [1.807, 2.05) is 17.7 Å². The Balaban J connectivity index is 1.75. The van der Waals surface area contributed by atoms with Crippen molar-refractivity contribution >= 4 is 17.5 Å². The van der Waals surface area contributed by atoms with Gasteiger partial charge in [0.05, 0.1) is 5.02 Å². The Labute approximate surface area is 139 Å². The number of nitrogens with one attached hydrogen (secondary N) is 1. The van der Waals surface area contributed by atoms with Gasteiger partial charge in [0.2, 0.25) is 0 Å². The summed E-state index contributed by atoms with van der Waals surface area (Å²) in [5, 5.41) is 2.94. The Hall–Kier alpha value is -2.08. The van der Waals surface area contributed by atoms with Crippen LogP contribution in [0, 0.1) is 12.7 Å². The third kappa shape index (κ3) is 4.96. The van der Waals surface area contributed by atoms with Gasteiger partial charge in [-0.15, -0.1) is 0 Å². The molecule has 1 N–H and O–H groups in total. The van der Waals surface area contributed by atoms with Gasteiger partial charge in [0.25, 0.3) is 5.91 Å². The van der Waals surface area contributed by atoms with Crippen molar-refractivity contribution in [3.05, 3.63) is 47.3 Å². The molecule has 1 aromatic carbocycles. The van der Waals surface area contributed by atoms with Crippen LogP contribution >= 0.6 is 11.6 Å². The minimum atomic E-state index is -0.715. The monoisotopic (exact) mass is 339 g/mol. The third-order valence-electron chi connectivity index (χ3n) is 3.37. The van der Waals surface area contributed by atoms with Crippen LogP contribution in [0.1, 0.15) is 19.2 Å². The highest BCUT2D eigenvalue weighted by atomic mass is 35.5. The number of imidazole rings is 1. The smallest absolute Gasteiger partial charge is 0.260 e. The molecule has 2 aromatic rings. The first-order chi connectivity index (χ1) is 11.0. The predicted molar refractivity (Wildman–Crippen MR) is 86.1 cm³/mol. The normalized spacial score (nSPS) is 12.0. The lowest BCUT2D eigenvalue weighted by Crippen LogP contribution is -2.37. The van der Waals surface area contributed by atoms with E-state index in [1.165, 1.54) is 12.1 Å². The molecule has 7 heteroatoms. The van der Waals surface area contributed by atoms with Crippen molar-refractivity contribution in [1.82, 2.24) is 14.9 Å². The zero-order valence-corrected chi connectivity index (χ0v) is 13.8. The topological polar surface area (TPSA) is 56.2 Å². The van der Waals surface area contributed by atoms with E-state index in [9.17, 15) is 9.18 Å². The molecule has 0 aliphatic carbocycles. The molecule has 1 aromatic heterocycles. The number of carbonyl (C=O) groups excluding carboxylic acids is 1. The molecule has 1 amide bonds. The van der Waals surface area contributed by atoms with Gasteiger partial charge in [0, 0.05) is 25.5 Å². The summed E-state index contributed by atoms with van der Waals surface area (Å²) in [4.78, 5) is 16.1. The Kier molecular flexibility index (Phi) is 5.98. The zero-order chi connectivity index (χ0) is 16.8. The molecule has 1 heterocycles. The molecule has 2 rings (SSSR count). The van der Waals surface area contributed by atoms with Gasteiger partial charge in [-0.2, -0.15) is 0 Å². The Morgan fingerprint density at radius 3 is 2.96 bits per heavy atom. The number of aromatic nitrogens is 2. The minimum absolute atomic E-state index is 0.139. The van der Waals surface area contributed by atoms with Crippen LogP contribution in [0.4, 0.5) is 4.39 Å². The molecule has 0 bridgehead atoms. The van der Waals surface area contributed by atoms with Crippen LogP contribution in [-0.2, 0) is 11.3 Å². The molecule has 0 saturated heterocycles. The van der Waals surface area contributed by atoms with E-state index in [4.69, 9.17) is 16.3 Å². The van der Waals surface area contributed by atoms with Gasteiger partial charge in [-0.1, -0.05) is 11.6 Å². The Morgan fingerprint density at radius 2 is 2.30 bits per heavy atom. The number of amides is 1. The number of aryl methyl sites for hydroxylation is 2. The molecule has 1 unspecified atom stereocenters. The van der Waals surface area contributed by atoms with Crippen LogP contribution in [0.3, 0.4) is 0 Å². The van der Waals surface area contributed by atoms with E-state index in [0.29, 0.717) is 6.54 Å². The summed E-state index contributed by atoms with van der Waals surface area (Å²) >= 11 is 5.87.